The molecule has 0 bridgehead atoms. The van der Waals surface area contributed by atoms with E-state index in [1.165, 1.54) is 0 Å². The largest absolute Gasteiger partial charge is 0.303 e. The molecular weight excluding hydrogens is 128 g/mol. The maximum Gasteiger partial charge on any atom is 0.123 e. The second kappa shape index (κ2) is 3.49. The zero-order valence-corrected chi connectivity index (χ0v) is 5.95. The van der Waals surface area contributed by atoms with E-state index in [1.54, 1.807) is 0 Å². The summed E-state index contributed by atoms with van der Waals surface area (Å²) < 4.78 is 0. The molecule has 1 fully saturated rings. The Bertz CT molecular complexity index is 115. The van der Waals surface area contributed by atoms with Crippen molar-refractivity contribution in [3.8, 4) is 0 Å². The summed E-state index contributed by atoms with van der Waals surface area (Å²) in [6.07, 6.45) is 5.89. The molecule has 1 saturated carbocycles. The summed E-state index contributed by atoms with van der Waals surface area (Å²) in [5.41, 5.74) is 0. The maximum atomic E-state index is 10.4. The van der Waals surface area contributed by atoms with Crippen LogP contribution in [-0.2, 0) is 9.59 Å². The lowest BCUT2D eigenvalue weighted by Gasteiger charge is -2.22. The van der Waals surface area contributed by atoms with Crippen molar-refractivity contribution in [2.45, 2.75) is 25.7 Å². The average Bonchev–Trinajstić information content (AvgIpc) is 2.04. The predicted molar refractivity (Wildman–Crippen MR) is 37.6 cm³/mol. The van der Waals surface area contributed by atoms with Crippen LogP contribution >= 0.6 is 0 Å². The molecule has 0 N–H and O–H groups in total. The predicted octanol–water partition coefficient (Wildman–Crippen LogP) is 1.19. The molecule has 1 aliphatic carbocycles. The standard InChI is InChI=1S/C8H12O2/c9-5-7-3-1-2-4-8(7)6-10/h5-8H,1-4H2. The highest BCUT2D eigenvalue weighted by atomic mass is 16.1. The Kier molecular flexibility index (Phi) is 2.60. The van der Waals surface area contributed by atoms with E-state index in [0.29, 0.717) is 0 Å². The van der Waals surface area contributed by atoms with Gasteiger partial charge in [0, 0.05) is 11.8 Å². The molecule has 0 radical (unpaired) electrons. The Balaban J connectivity index is 2.49. The van der Waals surface area contributed by atoms with Crippen LogP contribution in [-0.4, -0.2) is 12.6 Å². The molecule has 0 aromatic carbocycles. The van der Waals surface area contributed by atoms with Gasteiger partial charge >= 0.3 is 0 Å². The molecule has 0 saturated heterocycles. The summed E-state index contributed by atoms with van der Waals surface area (Å²) >= 11 is 0. The Morgan fingerprint density at radius 1 is 0.900 bits per heavy atom. The first-order valence-electron chi connectivity index (χ1n) is 3.79. The number of hydrogen-bond donors (Lipinski definition) is 0. The SMILES string of the molecule is O=CC1CCCCC1C=O. The molecule has 0 amide bonds. The van der Waals surface area contributed by atoms with Gasteiger partial charge in [-0.05, 0) is 12.8 Å². The fraction of sp³-hybridized carbons (Fsp3) is 0.750. The highest BCUT2D eigenvalue weighted by Gasteiger charge is 2.23. The highest BCUT2D eigenvalue weighted by Crippen LogP contribution is 2.26. The lowest BCUT2D eigenvalue weighted by Crippen LogP contribution is -2.21. The van der Waals surface area contributed by atoms with Crippen LogP contribution in [0.3, 0.4) is 0 Å². The van der Waals surface area contributed by atoms with Crippen molar-refractivity contribution < 1.29 is 9.59 Å². The second-order valence-corrected chi connectivity index (χ2v) is 2.88. The third-order valence-corrected chi connectivity index (χ3v) is 2.22. The summed E-state index contributed by atoms with van der Waals surface area (Å²) in [5, 5.41) is 0. The van der Waals surface area contributed by atoms with Crippen LogP contribution in [0.4, 0.5) is 0 Å². The number of hydrogen-bond acceptors (Lipinski definition) is 2. The summed E-state index contributed by atoms with van der Waals surface area (Å²) in [7, 11) is 0. The molecule has 10 heavy (non-hydrogen) atoms. The Labute approximate surface area is 60.6 Å². The lowest BCUT2D eigenvalue weighted by molar-refractivity contribution is -0.120. The van der Waals surface area contributed by atoms with Crippen LogP contribution in [0.5, 0.6) is 0 Å². The van der Waals surface area contributed by atoms with Crippen molar-refractivity contribution in [3.63, 3.8) is 0 Å². The molecule has 0 aliphatic heterocycles. The van der Waals surface area contributed by atoms with E-state index < -0.39 is 0 Å². The second-order valence-electron chi connectivity index (χ2n) is 2.88. The topological polar surface area (TPSA) is 34.1 Å². The first-order chi connectivity index (χ1) is 4.88. The quantitative estimate of drug-likeness (QED) is 0.540. The fourth-order valence-corrected chi connectivity index (χ4v) is 1.53. The molecule has 2 atom stereocenters. The van der Waals surface area contributed by atoms with Gasteiger partial charge in [-0.25, -0.2) is 0 Å². The molecule has 2 nitrogen and oxygen atoms in total. The van der Waals surface area contributed by atoms with Crippen LogP contribution in [0.1, 0.15) is 25.7 Å². The summed E-state index contributed by atoms with van der Waals surface area (Å²) in [5.74, 6) is 0.0394. The molecule has 0 aromatic heterocycles. The molecular formula is C8H12O2. The van der Waals surface area contributed by atoms with Gasteiger partial charge in [-0.15, -0.1) is 0 Å². The normalized spacial score (nSPS) is 33.2. The van der Waals surface area contributed by atoms with Gasteiger partial charge in [0.1, 0.15) is 12.6 Å². The Morgan fingerprint density at radius 2 is 1.30 bits per heavy atom. The summed E-state index contributed by atoms with van der Waals surface area (Å²) in [4.78, 5) is 20.7. The monoisotopic (exact) mass is 140 g/mol. The van der Waals surface area contributed by atoms with E-state index in [-0.39, 0.29) is 11.8 Å². The van der Waals surface area contributed by atoms with Gasteiger partial charge in [0.25, 0.3) is 0 Å². The molecule has 0 spiro atoms. The molecule has 0 aromatic rings. The smallest absolute Gasteiger partial charge is 0.123 e. The zero-order valence-electron chi connectivity index (χ0n) is 5.95. The molecule has 2 unspecified atom stereocenters. The minimum absolute atomic E-state index is 0.0197. The van der Waals surface area contributed by atoms with Crippen molar-refractivity contribution >= 4 is 12.6 Å². The van der Waals surface area contributed by atoms with E-state index in [1.807, 2.05) is 0 Å². The van der Waals surface area contributed by atoms with Gasteiger partial charge in [-0.2, -0.15) is 0 Å². The number of carbonyl (C=O) groups excluding carboxylic acids is 2. The van der Waals surface area contributed by atoms with Gasteiger partial charge in [0.15, 0.2) is 0 Å². The van der Waals surface area contributed by atoms with E-state index in [2.05, 4.69) is 0 Å². The first-order valence-corrected chi connectivity index (χ1v) is 3.79. The first kappa shape index (κ1) is 7.45. The minimum Gasteiger partial charge on any atom is -0.303 e. The molecule has 56 valence electrons. The zero-order chi connectivity index (χ0) is 7.40. The maximum absolute atomic E-state index is 10.4. The van der Waals surface area contributed by atoms with Gasteiger partial charge in [-0.1, -0.05) is 12.8 Å². The van der Waals surface area contributed by atoms with Crippen molar-refractivity contribution in [2.75, 3.05) is 0 Å². The molecule has 1 aliphatic rings. The third-order valence-electron chi connectivity index (χ3n) is 2.22. The van der Waals surface area contributed by atoms with Crippen molar-refractivity contribution in [2.24, 2.45) is 11.8 Å². The van der Waals surface area contributed by atoms with Gasteiger partial charge < -0.3 is 9.59 Å². The number of carbonyl (C=O) groups is 2. The van der Waals surface area contributed by atoms with Gasteiger partial charge in [0.2, 0.25) is 0 Å². The van der Waals surface area contributed by atoms with Crippen LogP contribution in [0, 0.1) is 11.8 Å². The molecule has 2 heteroatoms. The van der Waals surface area contributed by atoms with E-state index >= 15 is 0 Å². The van der Waals surface area contributed by atoms with E-state index in [9.17, 15) is 9.59 Å². The Hall–Kier alpha value is -0.660. The Morgan fingerprint density at radius 3 is 1.60 bits per heavy atom. The van der Waals surface area contributed by atoms with Crippen LogP contribution in [0.2, 0.25) is 0 Å². The van der Waals surface area contributed by atoms with Gasteiger partial charge in [-0.3, -0.25) is 0 Å². The fourth-order valence-electron chi connectivity index (χ4n) is 1.53. The number of rotatable bonds is 2. The highest BCUT2D eigenvalue weighted by molar-refractivity contribution is 5.64. The van der Waals surface area contributed by atoms with Crippen LogP contribution in [0.25, 0.3) is 0 Å². The molecule has 0 heterocycles. The van der Waals surface area contributed by atoms with Gasteiger partial charge in [0.05, 0.1) is 0 Å². The summed E-state index contributed by atoms with van der Waals surface area (Å²) in [6.45, 7) is 0. The lowest BCUT2D eigenvalue weighted by atomic mass is 9.81. The van der Waals surface area contributed by atoms with E-state index in [0.717, 1.165) is 38.3 Å². The van der Waals surface area contributed by atoms with Crippen LogP contribution < -0.4 is 0 Å². The summed E-state index contributed by atoms with van der Waals surface area (Å²) in [6, 6.07) is 0. The third kappa shape index (κ3) is 1.43. The average molecular weight is 140 g/mol. The number of aldehydes is 2. The van der Waals surface area contributed by atoms with E-state index in [4.69, 9.17) is 0 Å². The van der Waals surface area contributed by atoms with Crippen molar-refractivity contribution in [1.29, 1.82) is 0 Å². The van der Waals surface area contributed by atoms with Crippen molar-refractivity contribution in [3.05, 3.63) is 0 Å². The van der Waals surface area contributed by atoms with Crippen molar-refractivity contribution in [1.82, 2.24) is 0 Å². The van der Waals surface area contributed by atoms with Crippen LogP contribution in [0.15, 0.2) is 0 Å². The molecule has 1 rings (SSSR count). The minimum atomic E-state index is 0.0197.